The fraction of sp³-hybridized carbons (Fsp3) is 0.278. The molecule has 0 atom stereocenters. The molecule has 3 nitrogen and oxygen atoms in total. The first-order chi connectivity index (χ1) is 10.1. The predicted octanol–water partition coefficient (Wildman–Crippen LogP) is 3.43. The van der Waals surface area contributed by atoms with Gasteiger partial charge in [-0.05, 0) is 56.6 Å². The van der Waals surface area contributed by atoms with E-state index >= 15 is 0 Å². The minimum absolute atomic E-state index is 0.625. The Kier molecular flexibility index (Phi) is 3.52. The van der Waals surface area contributed by atoms with E-state index in [2.05, 4.69) is 55.5 Å². The number of benzene rings is 1. The van der Waals surface area contributed by atoms with Crippen LogP contribution in [0.2, 0.25) is 0 Å². The number of hydrogen-bond donors (Lipinski definition) is 1. The van der Waals surface area contributed by atoms with Gasteiger partial charge in [0.25, 0.3) is 0 Å². The van der Waals surface area contributed by atoms with Crippen molar-refractivity contribution in [3.8, 4) is 11.3 Å². The maximum Gasteiger partial charge on any atom is 0.137 e. The van der Waals surface area contributed by atoms with Crippen LogP contribution < -0.4 is 5.73 Å². The summed E-state index contributed by atoms with van der Waals surface area (Å²) in [7, 11) is 0. The van der Waals surface area contributed by atoms with Crippen LogP contribution in [-0.4, -0.2) is 15.9 Å². The smallest absolute Gasteiger partial charge is 0.137 e. The van der Waals surface area contributed by atoms with E-state index < -0.39 is 0 Å². The summed E-state index contributed by atoms with van der Waals surface area (Å²) in [4.78, 5) is 4.84. The molecule has 0 aliphatic heterocycles. The summed E-state index contributed by atoms with van der Waals surface area (Å²) in [6.45, 7) is 7.01. The molecule has 0 saturated carbocycles. The highest BCUT2D eigenvalue weighted by molar-refractivity contribution is 5.68. The van der Waals surface area contributed by atoms with Crippen molar-refractivity contribution >= 4 is 5.65 Å². The molecule has 2 N–H and O–H groups in total. The van der Waals surface area contributed by atoms with Crippen molar-refractivity contribution in [2.24, 2.45) is 5.73 Å². The normalized spacial score (nSPS) is 11.2. The zero-order valence-electron chi connectivity index (χ0n) is 12.9. The molecule has 3 rings (SSSR count). The number of nitrogens with zero attached hydrogens (tertiary/aromatic N) is 2. The largest absolute Gasteiger partial charge is 0.330 e. The Morgan fingerprint density at radius 2 is 1.86 bits per heavy atom. The molecular weight excluding hydrogens is 258 g/mol. The number of aromatic nitrogens is 2. The molecule has 0 spiro atoms. The molecule has 0 fully saturated rings. The van der Waals surface area contributed by atoms with Crippen molar-refractivity contribution < 1.29 is 0 Å². The van der Waals surface area contributed by atoms with Crippen LogP contribution in [0.3, 0.4) is 0 Å². The highest BCUT2D eigenvalue weighted by atomic mass is 15.0. The molecule has 21 heavy (non-hydrogen) atoms. The van der Waals surface area contributed by atoms with Gasteiger partial charge in [0.2, 0.25) is 0 Å². The Hall–Kier alpha value is -2.13. The van der Waals surface area contributed by atoms with Crippen LogP contribution in [0.4, 0.5) is 0 Å². The van der Waals surface area contributed by atoms with Gasteiger partial charge in [0.15, 0.2) is 0 Å². The van der Waals surface area contributed by atoms with Crippen LogP contribution in [-0.2, 0) is 6.42 Å². The first-order valence-electron chi connectivity index (χ1n) is 7.36. The van der Waals surface area contributed by atoms with Gasteiger partial charge in [0, 0.05) is 17.7 Å². The second-order valence-electron chi connectivity index (χ2n) is 5.61. The van der Waals surface area contributed by atoms with Crippen LogP contribution in [0.15, 0.2) is 36.4 Å². The molecule has 2 heterocycles. The second kappa shape index (κ2) is 5.34. The SMILES string of the molecule is Cc1ccc(-c2nc3cccc(C)n3c2CCN)cc1C. The van der Waals surface area contributed by atoms with Gasteiger partial charge in [-0.1, -0.05) is 18.2 Å². The van der Waals surface area contributed by atoms with Crippen LogP contribution in [0.1, 0.15) is 22.5 Å². The second-order valence-corrected chi connectivity index (χ2v) is 5.61. The van der Waals surface area contributed by atoms with Crippen molar-refractivity contribution in [1.82, 2.24) is 9.38 Å². The van der Waals surface area contributed by atoms with Crippen LogP contribution >= 0.6 is 0 Å². The monoisotopic (exact) mass is 279 g/mol. The topological polar surface area (TPSA) is 43.3 Å². The molecule has 108 valence electrons. The molecule has 1 aromatic carbocycles. The summed E-state index contributed by atoms with van der Waals surface area (Å²) < 4.78 is 2.22. The van der Waals surface area contributed by atoms with Gasteiger partial charge in [-0.2, -0.15) is 0 Å². The number of nitrogens with two attached hydrogens (primary N) is 1. The van der Waals surface area contributed by atoms with E-state index in [1.807, 2.05) is 6.07 Å². The highest BCUT2D eigenvalue weighted by Gasteiger charge is 2.14. The molecule has 0 aliphatic rings. The zero-order chi connectivity index (χ0) is 15.0. The average molecular weight is 279 g/mol. The molecule has 3 aromatic rings. The van der Waals surface area contributed by atoms with E-state index in [1.54, 1.807) is 0 Å². The quantitative estimate of drug-likeness (QED) is 0.798. The Morgan fingerprint density at radius 1 is 1.05 bits per heavy atom. The van der Waals surface area contributed by atoms with Gasteiger partial charge >= 0.3 is 0 Å². The van der Waals surface area contributed by atoms with E-state index in [0.29, 0.717) is 6.54 Å². The van der Waals surface area contributed by atoms with Gasteiger partial charge in [-0.15, -0.1) is 0 Å². The van der Waals surface area contributed by atoms with Crippen molar-refractivity contribution in [3.05, 3.63) is 58.9 Å². The molecule has 0 saturated heterocycles. The lowest BCUT2D eigenvalue weighted by molar-refractivity contribution is 0.891. The molecule has 0 aliphatic carbocycles. The first kappa shape index (κ1) is 13.8. The van der Waals surface area contributed by atoms with Crippen molar-refractivity contribution in [1.29, 1.82) is 0 Å². The van der Waals surface area contributed by atoms with Crippen LogP contribution in [0, 0.1) is 20.8 Å². The van der Waals surface area contributed by atoms with E-state index in [4.69, 9.17) is 10.7 Å². The standard InChI is InChI=1S/C18H21N3/c1-12-7-8-15(11-13(12)2)18-16(9-10-19)21-14(3)5-4-6-17(21)20-18/h4-8,11H,9-10,19H2,1-3H3. The van der Waals surface area contributed by atoms with Crippen molar-refractivity contribution in [2.75, 3.05) is 6.54 Å². The van der Waals surface area contributed by atoms with E-state index in [-0.39, 0.29) is 0 Å². The third kappa shape index (κ3) is 2.34. The summed E-state index contributed by atoms with van der Waals surface area (Å²) in [5.41, 5.74) is 14.0. The Balaban J connectivity index is 2.28. The molecule has 2 aromatic heterocycles. The van der Waals surface area contributed by atoms with Crippen LogP contribution in [0.5, 0.6) is 0 Å². The number of imidazole rings is 1. The summed E-state index contributed by atoms with van der Waals surface area (Å²) in [5.74, 6) is 0. The number of rotatable bonds is 3. The molecule has 0 radical (unpaired) electrons. The van der Waals surface area contributed by atoms with Gasteiger partial charge in [-0.3, -0.25) is 0 Å². The fourth-order valence-corrected chi connectivity index (χ4v) is 2.81. The third-order valence-corrected chi connectivity index (χ3v) is 4.10. The average Bonchev–Trinajstić information content (AvgIpc) is 2.83. The van der Waals surface area contributed by atoms with Gasteiger partial charge in [0.05, 0.1) is 11.4 Å². The number of pyridine rings is 1. The van der Waals surface area contributed by atoms with E-state index in [0.717, 1.165) is 17.8 Å². The number of fused-ring (bicyclic) bond motifs is 1. The lowest BCUT2D eigenvalue weighted by Gasteiger charge is -2.08. The molecule has 0 amide bonds. The zero-order valence-corrected chi connectivity index (χ0v) is 12.9. The highest BCUT2D eigenvalue weighted by Crippen LogP contribution is 2.27. The maximum atomic E-state index is 5.82. The Bertz CT molecular complexity index is 800. The summed E-state index contributed by atoms with van der Waals surface area (Å²) in [5, 5.41) is 0. The fourth-order valence-electron chi connectivity index (χ4n) is 2.81. The Labute approximate surface area is 125 Å². The van der Waals surface area contributed by atoms with Crippen molar-refractivity contribution in [3.63, 3.8) is 0 Å². The first-order valence-corrected chi connectivity index (χ1v) is 7.36. The maximum absolute atomic E-state index is 5.82. The molecule has 3 heteroatoms. The van der Waals surface area contributed by atoms with E-state index in [9.17, 15) is 0 Å². The van der Waals surface area contributed by atoms with Crippen LogP contribution in [0.25, 0.3) is 16.9 Å². The molecular formula is C18H21N3. The lowest BCUT2D eigenvalue weighted by atomic mass is 10.0. The predicted molar refractivity (Wildman–Crippen MR) is 87.6 cm³/mol. The summed E-state index contributed by atoms with van der Waals surface area (Å²) in [6, 6.07) is 12.7. The molecule has 0 unspecified atom stereocenters. The Morgan fingerprint density at radius 3 is 2.57 bits per heavy atom. The van der Waals surface area contributed by atoms with Gasteiger partial charge in [0.1, 0.15) is 5.65 Å². The summed E-state index contributed by atoms with van der Waals surface area (Å²) in [6.07, 6.45) is 0.828. The summed E-state index contributed by atoms with van der Waals surface area (Å²) >= 11 is 0. The van der Waals surface area contributed by atoms with Gasteiger partial charge < -0.3 is 10.1 Å². The van der Waals surface area contributed by atoms with E-state index in [1.165, 1.54) is 28.1 Å². The minimum Gasteiger partial charge on any atom is -0.330 e. The number of aryl methyl sites for hydroxylation is 3. The lowest BCUT2D eigenvalue weighted by Crippen LogP contribution is -2.07. The van der Waals surface area contributed by atoms with Crippen molar-refractivity contribution in [2.45, 2.75) is 27.2 Å². The minimum atomic E-state index is 0.625. The molecule has 0 bridgehead atoms. The van der Waals surface area contributed by atoms with Gasteiger partial charge in [-0.25, -0.2) is 4.98 Å². The third-order valence-electron chi connectivity index (χ3n) is 4.10. The number of hydrogen-bond acceptors (Lipinski definition) is 2.